The molecule has 5 heteroatoms. The standard InChI is InChI=1S/C18H22N2O2S/c21-17(20-22)18(9-11-23-12-10-18)19-13-16-7-5-15(6-8-16)4-3-14-1-2-14/h5-8,14,19,22H,1-2,9-13H2,(H,20,21). The Morgan fingerprint density at radius 2 is 1.96 bits per heavy atom. The fraction of sp³-hybridized carbons (Fsp3) is 0.500. The first-order valence-corrected chi connectivity index (χ1v) is 9.25. The van der Waals surface area contributed by atoms with Crippen molar-refractivity contribution in [2.45, 2.75) is 37.8 Å². The van der Waals surface area contributed by atoms with Crippen LogP contribution in [0.3, 0.4) is 0 Å². The van der Waals surface area contributed by atoms with Gasteiger partial charge in [-0.15, -0.1) is 0 Å². The Kier molecular flexibility index (Phi) is 5.27. The molecular formula is C18H22N2O2S. The number of hydrogen-bond acceptors (Lipinski definition) is 4. The molecule has 0 atom stereocenters. The van der Waals surface area contributed by atoms with Gasteiger partial charge >= 0.3 is 0 Å². The van der Waals surface area contributed by atoms with Gasteiger partial charge < -0.3 is 0 Å². The number of amides is 1. The van der Waals surface area contributed by atoms with E-state index in [0.717, 1.165) is 35.5 Å². The zero-order valence-corrected chi connectivity index (χ0v) is 13.9. The average Bonchev–Trinajstić information content (AvgIpc) is 3.43. The van der Waals surface area contributed by atoms with Crippen LogP contribution >= 0.6 is 11.8 Å². The quantitative estimate of drug-likeness (QED) is 0.450. The Balaban J connectivity index is 1.61. The molecule has 1 aromatic carbocycles. The van der Waals surface area contributed by atoms with Crippen molar-refractivity contribution in [3.63, 3.8) is 0 Å². The van der Waals surface area contributed by atoms with Gasteiger partial charge in [0.1, 0.15) is 5.54 Å². The molecule has 1 saturated carbocycles. The van der Waals surface area contributed by atoms with E-state index < -0.39 is 5.54 Å². The van der Waals surface area contributed by atoms with Gasteiger partial charge in [0.2, 0.25) is 0 Å². The number of carbonyl (C=O) groups is 1. The van der Waals surface area contributed by atoms with Crippen molar-refractivity contribution >= 4 is 17.7 Å². The number of benzene rings is 1. The van der Waals surface area contributed by atoms with E-state index in [1.807, 2.05) is 41.5 Å². The molecule has 1 heterocycles. The summed E-state index contributed by atoms with van der Waals surface area (Å²) in [6.45, 7) is 0.606. The first-order chi connectivity index (χ1) is 11.2. The van der Waals surface area contributed by atoms with E-state index in [1.165, 1.54) is 12.8 Å². The predicted octanol–water partition coefficient (Wildman–Crippen LogP) is 2.31. The summed E-state index contributed by atoms with van der Waals surface area (Å²) >= 11 is 1.84. The Bertz CT molecular complexity index is 608. The van der Waals surface area contributed by atoms with Gasteiger partial charge in [-0.3, -0.25) is 15.3 Å². The lowest BCUT2D eigenvalue weighted by molar-refractivity contribution is -0.136. The van der Waals surface area contributed by atoms with Crippen LogP contribution in [-0.4, -0.2) is 28.2 Å². The van der Waals surface area contributed by atoms with Gasteiger partial charge in [-0.05, 0) is 54.9 Å². The number of thioether (sulfide) groups is 1. The third-order valence-corrected chi connectivity index (χ3v) is 5.45. The normalized spacial score (nSPS) is 19.5. The van der Waals surface area contributed by atoms with E-state index in [4.69, 9.17) is 5.21 Å². The van der Waals surface area contributed by atoms with E-state index in [-0.39, 0.29) is 5.91 Å². The summed E-state index contributed by atoms with van der Waals surface area (Å²) in [5.74, 6) is 8.59. The maximum absolute atomic E-state index is 12.1. The molecule has 2 aliphatic rings. The minimum atomic E-state index is -0.662. The summed E-state index contributed by atoms with van der Waals surface area (Å²) < 4.78 is 0. The second-order valence-electron chi connectivity index (χ2n) is 6.23. The van der Waals surface area contributed by atoms with Gasteiger partial charge in [0.15, 0.2) is 0 Å². The summed E-state index contributed by atoms with van der Waals surface area (Å²) in [4.78, 5) is 12.1. The van der Waals surface area contributed by atoms with Crippen molar-refractivity contribution in [1.29, 1.82) is 0 Å². The molecule has 0 bridgehead atoms. The number of rotatable bonds is 4. The highest BCUT2D eigenvalue weighted by Crippen LogP contribution is 2.28. The van der Waals surface area contributed by atoms with Crippen LogP contribution in [0.5, 0.6) is 0 Å². The van der Waals surface area contributed by atoms with Gasteiger partial charge in [0.25, 0.3) is 5.91 Å². The first-order valence-electron chi connectivity index (χ1n) is 8.10. The van der Waals surface area contributed by atoms with Crippen molar-refractivity contribution in [2.24, 2.45) is 5.92 Å². The van der Waals surface area contributed by atoms with Gasteiger partial charge in [-0.25, -0.2) is 5.48 Å². The van der Waals surface area contributed by atoms with Gasteiger partial charge in [-0.1, -0.05) is 24.0 Å². The number of hydroxylamine groups is 1. The monoisotopic (exact) mass is 330 g/mol. The highest BCUT2D eigenvalue weighted by molar-refractivity contribution is 7.99. The molecule has 4 nitrogen and oxygen atoms in total. The van der Waals surface area contributed by atoms with E-state index >= 15 is 0 Å². The smallest absolute Gasteiger partial charge is 0.263 e. The third-order valence-electron chi connectivity index (χ3n) is 4.47. The molecule has 1 amide bonds. The van der Waals surface area contributed by atoms with Crippen LogP contribution in [0.25, 0.3) is 0 Å². The zero-order valence-electron chi connectivity index (χ0n) is 13.1. The van der Waals surface area contributed by atoms with E-state index in [0.29, 0.717) is 12.5 Å². The summed E-state index contributed by atoms with van der Waals surface area (Å²) in [5, 5.41) is 12.4. The van der Waals surface area contributed by atoms with Crippen molar-refractivity contribution in [2.75, 3.05) is 11.5 Å². The van der Waals surface area contributed by atoms with Crippen molar-refractivity contribution in [1.82, 2.24) is 10.8 Å². The molecule has 1 aromatic rings. The minimum absolute atomic E-state index is 0.329. The van der Waals surface area contributed by atoms with Crippen LogP contribution in [0.1, 0.15) is 36.8 Å². The molecule has 0 radical (unpaired) electrons. The molecule has 23 heavy (non-hydrogen) atoms. The first kappa shape index (κ1) is 16.4. The number of nitrogens with one attached hydrogen (secondary N) is 2. The average molecular weight is 330 g/mol. The lowest BCUT2D eigenvalue weighted by atomic mass is 9.91. The lowest BCUT2D eigenvalue weighted by Gasteiger charge is -2.35. The van der Waals surface area contributed by atoms with E-state index in [9.17, 15) is 4.79 Å². The summed E-state index contributed by atoms with van der Waals surface area (Å²) in [6, 6.07) is 8.15. The van der Waals surface area contributed by atoms with Gasteiger partial charge in [0, 0.05) is 18.0 Å². The molecule has 3 N–H and O–H groups in total. The van der Waals surface area contributed by atoms with Crippen LogP contribution in [0.15, 0.2) is 24.3 Å². The van der Waals surface area contributed by atoms with Gasteiger partial charge in [-0.2, -0.15) is 11.8 Å². The van der Waals surface area contributed by atoms with Crippen LogP contribution in [0.4, 0.5) is 0 Å². The molecule has 3 rings (SSSR count). The summed E-state index contributed by atoms with van der Waals surface area (Å²) in [5.41, 5.74) is 3.32. The maximum Gasteiger partial charge on any atom is 0.263 e. The second kappa shape index (κ2) is 7.39. The predicted molar refractivity (Wildman–Crippen MR) is 92.1 cm³/mol. The molecule has 1 aliphatic heterocycles. The Morgan fingerprint density at radius 3 is 2.57 bits per heavy atom. The highest BCUT2D eigenvalue weighted by Gasteiger charge is 2.39. The zero-order chi connectivity index (χ0) is 16.1. The molecule has 0 aromatic heterocycles. The van der Waals surface area contributed by atoms with E-state index in [2.05, 4.69) is 17.2 Å². The third kappa shape index (κ3) is 4.29. The molecule has 2 fully saturated rings. The summed E-state index contributed by atoms with van der Waals surface area (Å²) in [7, 11) is 0. The molecule has 1 aliphatic carbocycles. The van der Waals surface area contributed by atoms with Crippen molar-refractivity contribution in [3.05, 3.63) is 35.4 Å². The number of carbonyl (C=O) groups excluding carboxylic acids is 1. The lowest BCUT2D eigenvalue weighted by Crippen LogP contribution is -2.58. The van der Waals surface area contributed by atoms with Crippen LogP contribution in [0, 0.1) is 17.8 Å². The van der Waals surface area contributed by atoms with Crippen LogP contribution < -0.4 is 10.8 Å². The largest absolute Gasteiger partial charge is 0.299 e. The Hall–Kier alpha value is -1.48. The maximum atomic E-state index is 12.1. The van der Waals surface area contributed by atoms with Crippen molar-refractivity contribution < 1.29 is 10.0 Å². The number of hydrogen-bond donors (Lipinski definition) is 3. The van der Waals surface area contributed by atoms with Crippen LogP contribution in [0.2, 0.25) is 0 Å². The molecular weight excluding hydrogens is 308 g/mol. The summed E-state index contributed by atoms with van der Waals surface area (Å²) in [6.07, 6.45) is 3.94. The molecule has 0 spiro atoms. The Labute approximate surface area is 141 Å². The molecule has 1 saturated heterocycles. The van der Waals surface area contributed by atoms with E-state index in [1.54, 1.807) is 0 Å². The van der Waals surface area contributed by atoms with Gasteiger partial charge in [0.05, 0.1) is 0 Å². The fourth-order valence-corrected chi connectivity index (χ4v) is 3.89. The Morgan fingerprint density at radius 1 is 1.26 bits per heavy atom. The van der Waals surface area contributed by atoms with Crippen molar-refractivity contribution in [3.8, 4) is 11.8 Å². The SMILES string of the molecule is O=C(NO)C1(NCc2ccc(C#CC3CC3)cc2)CCSCC1. The fourth-order valence-electron chi connectivity index (χ4n) is 2.70. The minimum Gasteiger partial charge on any atom is -0.299 e. The second-order valence-corrected chi connectivity index (χ2v) is 7.45. The topological polar surface area (TPSA) is 61.4 Å². The highest BCUT2D eigenvalue weighted by atomic mass is 32.2. The molecule has 0 unspecified atom stereocenters. The molecule has 122 valence electrons. The van der Waals surface area contributed by atoms with Crippen LogP contribution in [-0.2, 0) is 11.3 Å².